The van der Waals surface area contributed by atoms with E-state index >= 15 is 0 Å². The Hall–Kier alpha value is -0.620. The summed E-state index contributed by atoms with van der Waals surface area (Å²) in [6.45, 7) is 6.53. The lowest BCUT2D eigenvalue weighted by Gasteiger charge is -2.16. The number of sulfonamides is 1. The summed E-state index contributed by atoms with van der Waals surface area (Å²) in [4.78, 5) is 0.108. The Morgan fingerprint density at radius 3 is 2.43 bits per heavy atom. The van der Waals surface area contributed by atoms with Gasteiger partial charge in [-0.2, -0.15) is 0 Å². The molecule has 6 heteroatoms. The SMILES string of the molecule is CC(C)CCCC(C)NS(=O)(=O)c1ccc(CN)cc1Cl. The Bertz CT molecular complexity index is 559. The molecule has 0 spiro atoms. The third-order valence-electron chi connectivity index (χ3n) is 3.30. The molecule has 0 aliphatic rings. The minimum atomic E-state index is -3.59. The van der Waals surface area contributed by atoms with Crippen molar-refractivity contribution < 1.29 is 8.42 Å². The first kappa shape index (κ1) is 18.4. The second-order valence-electron chi connectivity index (χ2n) is 5.82. The van der Waals surface area contributed by atoms with Crippen molar-refractivity contribution in [3.8, 4) is 0 Å². The molecule has 1 aromatic carbocycles. The molecule has 21 heavy (non-hydrogen) atoms. The molecule has 0 saturated heterocycles. The highest BCUT2D eigenvalue weighted by molar-refractivity contribution is 7.89. The summed E-state index contributed by atoms with van der Waals surface area (Å²) in [6.07, 6.45) is 2.91. The van der Waals surface area contributed by atoms with E-state index in [2.05, 4.69) is 18.6 Å². The normalized spacial score (nSPS) is 13.6. The Morgan fingerprint density at radius 2 is 1.90 bits per heavy atom. The van der Waals surface area contributed by atoms with Gasteiger partial charge in [0.05, 0.1) is 5.02 Å². The fourth-order valence-corrected chi connectivity index (χ4v) is 3.95. The van der Waals surface area contributed by atoms with Gasteiger partial charge in [-0.05, 0) is 37.0 Å². The van der Waals surface area contributed by atoms with Gasteiger partial charge < -0.3 is 5.73 Å². The maximum absolute atomic E-state index is 12.3. The number of benzene rings is 1. The van der Waals surface area contributed by atoms with Gasteiger partial charge in [-0.1, -0.05) is 44.4 Å². The van der Waals surface area contributed by atoms with E-state index in [1.165, 1.54) is 6.07 Å². The third kappa shape index (κ3) is 5.94. The predicted molar refractivity (Wildman–Crippen MR) is 87.8 cm³/mol. The summed E-state index contributed by atoms with van der Waals surface area (Å²) in [5, 5.41) is 0.208. The lowest BCUT2D eigenvalue weighted by Crippen LogP contribution is -2.32. The van der Waals surface area contributed by atoms with Gasteiger partial charge in [0, 0.05) is 12.6 Å². The molecule has 0 aliphatic heterocycles. The van der Waals surface area contributed by atoms with Crippen LogP contribution in [0.4, 0.5) is 0 Å². The fraction of sp³-hybridized carbons (Fsp3) is 0.600. The number of rotatable bonds is 8. The van der Waals surface area contributed by atoms with Gasteiger partial charge in [-0.25, -0.2) is 13.1 Å². The highest BCUT2D eigenvalue weighted by Crippen LogP contribution is 2.23. The van der Waals surface area contributed by atoms with Gasteiger partial charge in [0.2, 0.25) is 10.0 Å². The Kier molecular flexibility index (Phi) is 7.13. The van der Waals surface area contributed by atoms with Crippen LogP contribution in [-0.2, 0) is 16.6 Å². The molecule has 1 unspecified atom stereocenters. The molecule has 1 rings (SSSR count). The fourth-order valence-electron chi connectivity index (χ4n) is 2.11. The van der Waals surface area contributed by atoms with Crippen molar-refractivity contribution in [1.29, 1.82) is 0 Å². The number of halogens is 1. The molecule has 120 valence electrons. The second-order valence-corrected chi connectivity index (χ2v) is 7.91. The quantitative estimate of drug-likeness (QED) is 0.767. The molecular weight excluding hydrogens is 308 g/mol. The van der Waals surface area contributed by atoms with Crippen LogP contribution in [0.2, 0.25) is 5.02 Å². The molecule has 1 atom stereocenters. The maximum atomic E-state index is 12.3. The van der Waals surface area contributed by atoms with E-state index in [0.29, 0.717) is 12.5 Å². The van der Waals surface area contributed by atoms with Gasteiger partial charge in [0.1, 0.15) is 4.90 Å². The minimum Gasteiger partial charge on any atom is -0.326 e. The average Bonchev–Trinajstić information content (AvgIpc) is 2.36. The number of nitrogens with one attached hydrogen (secondary N) is 1. The van der Waals surface area contributed by atoms with Crippen LogP contribution in [0.25, 0.3) is 0 Å². The van der Waals surface area contributed by atoms with E-state index in [1.807, 2.05) is 6.92 Å². The minimum absolute atomic E-state index is 0.108. The van der Waals surface area contributed by atoms with Crippen molar-refractivity contribution >= 4 is 21.6 Å². The van der Waals surface area contributed by atoms with Gasteiger partial charge >= 0.3 is 0 Å². The smallest absolute Gasteiger partial charge is 0.242 e. The lowest BCUT2D eigenvalue weighted by atomic mass is 10.0. The summed E-state index contributed by atoms with van der Waals surface area (Å²) in [5.41, 5.74) is 6.32. The summed E-state index contributed by atoms with van der Waals surface area (Å²) < 4.78 is 27.3. The monoisotopic (exact) mass is 332 g/mol. The Morgan fingerprint density at radius 1 is 1.24 bits per heavy atom. The van der Waals surface area contributed by atoms with Gasteiger partial charge in [-0.3, -0.25) is 0 Å². The van der Waals surface area contributed by atoms with E-state index < -0.39 is 10.0 Å². The van der Waals surface area contributed by atoms with Crippen molar-refractivity contribution in [1.82, 2.24) is 4.72 Å². The van der Waals surface area contributed by atoms with E-state index in [1.54, 1.807) is 12.1 Å². The first-order valence-corrected chi connectivity index (χ1v) is 9.13. The predicted octanol–water partition coefficient (Wildman–Crippen LogP) is 3.29. The average molecular weight is 333 g/mol. The maximum Gasteiger partial charge on any atom is 0.242 e. The van der Waals surface area contributed by atoms with Crippen molar-refractivity contribution in [2.45, 2.75) is 57.5 Å². The second kappa shape index (κ2) is 8.13. The topological polar surface area (TPSA) is 72.2 Å². The van der Waals surface area contributed by atoms with Crippen LogP contribution in [0.3, 0.4) is 0 Å². The standard InChI is InChI=1S/C15H25ClN2O2S/c1-11(2)5-4-6-12(3)18-21(19,20)15-8-7-13(10-17)9-14(15)16/h7-9,11-12,18H,4-6,10,17H2,1-3H3. The first-order chi connectivity index (χ1) is 9.76. The van der Waals surface area contributed by atoms with E-state index in [9.17, 15) is 8.42 Å². The van der Waals surface area contributed by atoms with E-state index in [4.69, 9.17) is 17.3 Å². The zero-order valence-electron chi connectivity index (χ0n) is 12.9. The molecule has 0 heterocycles. The van der Waals surface area contributed by atoms with Crippen LogP contribution in [0.15, 0.2) is 23.1 Å². The number of nitrogens with two attached hydrogens (primary N) is 1. The van der Waals surface area contributed by atoms with Crippen LogP contribution in [0, 0.1) is 5.92 Å². The van der Waals surface area contributed by atoms with E-state index in [0.717, 1.165) is 24.8 Å². The van der Waals surface area contributed by atoms with E-state index in [-0.39, 0.29) is 16.0 Å². The Labute approximate surface area is 133 Å². The van der Waals surface area contributed by atoms with Gasteiger partial charge in [-0.15, -0.1) is 0 Å². The molecule has 0 bridgehead atoms. The van der Waals surface area contributed by atoms with Crippen LogP contribution in [0.5, 0.6) is 0 Å². The number of hydrogen-bond acceptors (Lipinski definition) is 3. The van der Waals surface area contributed by atoms with Crippen LogP contribution in [-0.4, -0.2) is 14.5 Å². The summed E-state index contributed by atoms with van der Waals surface area (Å²) in [6, 6.07) is 4.68. The Balaban J connectivity index is 2.73. The first-order valence-electron chi connectivity index (χ1n) is 7.27. The summed E-state index contributed by atoms with van der Waals surface area (Å²) in [5.74, 6) is 0.632. The molecule has 4 nitrogen and oxygen atoms in total. The van der Waals surface area contributed by atoms with Crippen molar-refractivity contribution in [2.75, 3.05) is 0 Å². The van der Waals surface area contributed by atoms with Gasteiger partial charge in [0.15, 0.2) is 0 Å². The zero-order valence-corrected chi connectivity index (χ0v) is 14.5. The third-order valence-corrected chi connectivity index (χ3v) is 5.37. The van der Waals surface area contributed by atoms with Crippen molar-refractivity contribution in [3.05, 3.63) is 28.8 Å². The molecule has 0 radical (unpaired) electrons. The van der Waals surface area contributed by atoms with Crippen LogP contribution in [0.1, 0.15) is 45.6 Å². The molecule has 0 amide bonds. The summed E-state index contributed by atoms with van der Waals surface area (Å²) >= 11 is 6.05. The summed E-state index contributed by atoms with van der Waals surface area (Å²) in [7, 11) is -3.59. The lowest BCUT2D eigenvalue weighted by molar-refractivity contribution is 0.488. The highest BCUT2D eigenvalue weighted by atomic mass is 35.5. The molecular formula is C15H25ClN2O2S. The molecule has 0 aromatic heterocycles. The van der Waals surface area contributed by atoms with Crippen LogP contribution >= 0.6 is 11.6 Å². The largest absolute Gasteiger partial charge is 0.326 e. The molecule has 1 aromatic rings. The molecule has 0 saturated carbocycles. The number of hydrogen-bond donors (Lipinski definition) is 2. The highest BCUT2D eigenvalue weighted by Gasteiger charge is 2.20. The van der Waals surface area contributed by atoms with Crippen LogP contribution < -0.4 is 10.5 Å². The molecule has 0 fully saturated rings. The van der Waals surface area contributed by atoms with Gasteiger partial charge in [0.25, 0.3) is 0 Å². The van der Waals surface area contributed by atoms with Crippen molar-refractivity contribution in [3.63, 3.8) is 0 Å². The molecule has 3 N–H and O–H groups in total. The molecule has 0 aliphatic carbocycles. The van der Waals surface area contributed by atoms with Crippen molar-refractivity contribution in [2.24, 2.45) is 11.7 Å². The zero-order chi connectivity index (χ0) is 16.0.